The van der Waals surface area contributed by atoms with E-state index < -0.39 is 11.7 Å². The molecule has 112 valence electrons. The molecule has 3 nitrogen and oxygen atoms in total. The molecule has 6 heteroatoms. The smallest absolute Gasteiger partial charge is 0.377 e. The van der Waals surface area contributed by atoms with E-state index in [2.05, 4.69) is 4.90 Å². The van der Waals surface area contributed by atoms with Gasteiger partial charge in [0.1, 0.15) is 0 Å². The second-order valence-electron chi connectivity index (χ2n) is 4.87. The highest BCUT2D eigenvalue weighted by Crippen LogP contribution is 2.34. The molecule has 20 heavy (non-hydrogen) atoms. The zero-order valence-corrected chi connectivity index (χ0v) is 11.4. The molecule has 0 amide bonds. The van der Waals surface area contributed by atoms with E-state index in [-0.39, 0.29) is 18.2 Å². The number of hydrogen-bond acceptors (Lipinski definition) is 3. The van der Waals surface area contributed by atoms with Gasteiger partial charge in [0, 0.05) is 18.8 Å². The van der Waals surface area contributed by atoms with E-state index in [4.69, 9.17) is 10.5 Å². The highest BCUT2D eigenvalue weighted by Gasteiger charge is 2.33. The van der Waals surface area contributed by atoms with E-state index in [1.807, 2.05) is 6.92 Å². The molecule has 1 saturated heterocycles. The Morgan fingerprint density at radius 3 is 2.75 bits per heavy atom. The third kappa shape index (κ3) is 3.07. The topological polar surface area (TPSA) is 38.5 Å². The summed E-state index contributed by atoms with van der Waals surface area (Å²) < 4.78 is 44.0. The molecular formula is C14H19F3N2O. The normalized spacial score (nSPS) is 20.2. The van der Waals surface area contributed by atoms with Crippen molar-refractivity contribution in [3.05, 3.63) is 29.3 Å². The Morgan fingerprint density at radius 1 is 1.40 bits per heavy atom. The Balaban J connectivity index is 2.33. The third-order valence-corrected chi connectivity index (χ3v) is 3.64. The molecular weight excluding hydrogens is 269 g/mol. The number of nitrogens with two attached hydrogens (primary N) is 1. The Kier molecular flexibility index (Phi) is 4.55. The van der Waals surface area contributed by atoms with Crippen molar-refractivity contribution in [2.75, 3.05) is 24.7 Å². The van der Waals surface area contributed by atoms with Gasteiger partial charge in [-0.2, -0.15) is 13.2 Å². The Morgan fingerprint density at radius 2 is 2.15 bits per heavy atom. The van der Waals surface area contributed by atoms with E-state index in [0.29, 0.717) is 19.8 Å². The van der Waals surface area contributed by atoms with Crippen LogP contribution in [-0.4, -0.2) is 25.8 Å². The minimum atomic E-state index is -4.36. The van der Waals surface area contributed by atoms with Crippen LogP contribution in [0.15, 0.2) is 18.2 Å². The first-order chi connectivity index (χ1) is 9.47. The van der Waals surface area contributed by atoms with Crippen LogP contribution in [0.2, 0.25) is 0 Å². The van der Waals surface area contributed by atoms with Crippen LogP contribution in [0.5, 0.6) is 0 Å². The molecule has 0 aromatic heterocycles. The Bertz CT molecular complexity index is 462. The highest BCUT2D eigenvalue weighted by molar-refractivity contribution is 5.53. The van der Waals surface area contributed by atoms with Crippen LogP contribution in [0.1, 0.15) is 24.5 Å². The van der Waals surface area contributed by atoms with Crippen molar-refractivity contribution in [2.24, 2.45) is 5.73 Å². The van der Waals surface area contributed by atoms with Gasteiger partial charge in [-0.05, 0) is 30.2 Å². The maximum absolute atomic E-state index is 12.9. The minimum Gasteiger partial charge on any atom is -0.377 e. The van der Waals surface area contributed by atoms with E-state index in [1.165, 1.54) is 6.07 Å². The molecule has 0 radical (unpaired) electrons. The molecule has 2 N–H and O–H groups in total. The average Bonchev–Trinajstić information content (AvgIpc) is 2.45. The molecule has 1 aliphatic rings. The molecule has 1 aromatic carbocycles. The molecule has 1 aromatic rings. The second-order valence-corrected chi connectivity index (χ2v) is 4.87. The number of hydrogen-bond donors (Lipinski definition) is 1. The first kappa shape index (κ1) is 15.1. The van der Waals surface area contributed by atoms with Crippen molar-refractivity contribution >= 4 is 5.69 Å². The molecule has 0 aliphatic carbocycles. The van der Waals surface area contributed by atoms with E-state index in [0.717, 1.165) is 18.2 Å². The lowest BCUT2D eigenvalue weighted by atomic mass is 10.0. The largest absolute Gasteiger partial charge is 0.416 e. The monoisotopic (exact) mass is 288 g/mol. The van der Waals surface area contributed by atoms with Crippen molar-refractivity contribution in [2.45, 2.75) is 32.1 Å². The minimum absolute atomic E-state index is 0.121. The maximum Gasteiger partial charge on any atom is 0.416 e. The number of nitrogens with zero attached hydrogens (tertiary/aromatic N) is 1. The first-order valence-corrected chi connectivity index (χ1v) is 6.72. The number of morpholine rings is 1. The lowest BCUT2D eigenvalue weighted by Crippen LogP contribution is -2.45. The van der Waals surface area contributed by atoms with Crippen LogP contribution in [0.25, 0.3) is 0 Å². The van der Waals surface area contributed by atoms with Gasteiger partial charge < -0.3 is 15.4 Å². The zero-order chi connectivity index (χ0) is 14.8. The Labute approximate surface area is 116 Å². The maximum atomic E-state index is 12.9. The number of halogens is 3. The second kappa shape index (κ2) is 6.01. The summed E-state index contributed by atoms with van der Waals surface area (Å²) >= 11 is 0. The number of rotatable bonds is 3. The van der Waals surface area contributed by atoms with Crippen LogP contribution in [0, 0.1) is 0 Å². The number of ether oxygens (including phenoxy) is 1. The summed E-state index contributed by atoms with van der Waals surface area (Å²) in [6.07, 6.45) is -3.47. The molecule has 1 aliphatic heterocycles. The Hall–Kier alpha value is -1.27. The number of alkyl halides is 3. The third-order valence-electron chi connectivity index (χ3n) is 3.64. The van der Waals surface area contributed by atoms with Gasteiger partial charge in [-0.1, -0.05) is 6.92 Å². The standard InChI is InChI=1S/C14H19F3N2O/c1-2-11-9-20-6-5-19(11)12-3-4-13(14(15,16)17)10(7-12)8-18/h3-4,7,11H,2,5-6,8-9,18H2,1H3. The SMILES string of the molecule is CCC1COCCN1c1ccc(C(F)(F)F)c(CN)c1. The van der Waals surface area contributed by atoms with Crippen LogP contribution in [-0.2, 0) is 17.5 Å². The van der Waals surface area contributed by atoms with Gasteiger partial charge in [0.15, 0.2) is 0 Å². The lowest BCUT2D eigenvalue weighted by molar-refractivity contribution is -0.138. The summed E-state index contributed by atoms with van der Waals surface area (Å²) in [5.74, 6) is 0. The van der Waals surface area contributed by atoms with Gasteiger partial charge in [0.05, 0.1) is 24.8 Å². The molecule has 0 bridgehead atoms. The van der Waals surface area contributed by atoms with Crippen molar-refractivity contribution in [1.29, 1.82) is 0 Å². The lowest BCUT2D eigenvalue weighted by Gasteiger charge is -2.37. The molecule has 0 spiro atoms. The summed E-state index contributed by atoms with van der Waals surface area (Å²) in [5.41, 5.74) is 5.74. The van der Waals surface area contributed by atoms with Gasteiger partial charge in [-0.15, -0.1) is 0 Å². The fraction of sp³-hybridized carbons (Fsp3) is 0.571. The van der Waals surface area contributed by atoms with Crippen LogP contribution < -0.4 is 10.6 Å². The summed E-state index contributed by atoms with van der Waals surface area (Å²) in [4.78, 5) is 2.10. The summed E-state index contributed by atoms with van der Waals surface area (Å²) in [5, 5.41) is 0. The van der Waals surface area contributed by atoms with Crippen LogP contribution in [0.4, 0.5) is 18.9 Å². The first-order valence-electron chi connectivity index (χ1n) is 6.72. The zero-order valence-electron chi connectivity index (χ0n) is 11.4. The number of anilines is 1. The van der Waals surface area contributed by atoms with Crippen molar-refractivity contribution in [3.63, 3.8) is 0 Å². The van der Waals surface area contributed by atoms with Crippen molar-refractivity contribution in [1.82, 2.24) is 0 Å². The molecule has 0 saturated carbocycles. The van der Waals surface area contributed by atoms with Crippen LogP contribution in [0.3, 0.4) is 0 Å². The van der Waals surface area contributed by atoms with E-state index >= 15 is 0 Å². The average molecular weight is 288 g/mol. The summed E-state index contributed by atoms with van der Waals surface area (Å²) in [6, 6.07) is 4.40. The molecule has 1 fully saturated rings. The van der Waals surface area contributed by atoms with Gasteiger partial charge >= 0.3 is 6.18 Å². The number of benzene rings is 1. The molecule has 2 rings (SSSR count). The molecule has 1 atom stereocenters. The van der Waals surface area contributed by atoms with E-state index in [9.17, 15) is 13.2 Å². The predicted octanol–water partition coefficient (Wildman–Crippen LogP) is 2.78. The van der Waals surface area contributed by atoms with Crippen molar-refractivity contribution < 1.29 is 17.9 Å². The predicted molar refractivity (Wildman–Crippen MR) is 71.6 cm³/mol. The van der Waals surface area contributed by atoms with E-state index in [1.54, 1.807) is 6.07 Å². The fourth-order valence-corrected chi connectivity index (χ4v) is 2.54. The van der Waals surface area contributed by atoms with Gasteiger partial charge in [-0.3, -0.25) is 0 Å². The summed E-state index contributed by atoms with van der Waals surface area (Å²) in [7, 11) is 0. The van der Waals surface area contributed by atoms with Crippen molar-refractivity contribution in [3.8, 4) is 0 Å². The fourth-order valence-electron chi connectivity index (χ4n) is 2.54. The highest BCUT2D eigenvalue weighted by atomic mass is 19.4. The van der Waals surface area contributed by atoms with Crippen LogP contribution >= 0.6 is 0 Å². The molecule has 1 heterocycles. The molecule has 1 unspecified atom stereocenters. The van der Waals surface area contributed by atoms with Gasteiger partial charge in [0.2, 0.25) is 0 Å². The van der Waals surface area contributed by atoms with Gasteiger partial charge in [-0.25, -0.2) is 0 Å². The quantitative estimate of drug-likeness (QED) is 0.929. The summed E-state index contributed by atoms with van der Waals surface area (Å²) in [6.45, 7) is 3.81. The van der Waals surface area contributed by atoms with Gasteiger partial charge in [0.25, 0.3) is 0 Å².